The third-order valence-corrected chi connectivity index (χ3v) is 4.13. The minimum Gasteiger partial charge on any atom is -0.376 e. The first kappa shape index (κ1) is 15.5. The number of rotatable bonds is 4. The molecule has 1 N–H and O–H groups in total. The van der Waals surface area contributed by atoms with E-state index in [1.165, 1.54) is 0 Å². The first-order valence-electron chi connectivity index (χ1n) is 7.93. The molecule has 2 aliphatic heterocycles. The molecule has 2 saturated heterocycles. The van der Waals surface area contributed by atoms with Gasteiger partial charge in [-0.3, -0.25) is 14.4 Å². The summed E-state index contributed by atoms with van der Waals surface area (Å²) in [5.41, 5.74) is 0.476. The molecule has 0 aromatic carbocycles. The first-order valence-corrected chi connectivity index (χ1v) is 7.93. The standard InChI is InChI=1S/C15H24N4O3/c1-18-6-4-14(17-18)15(20)16-12-3-2-5-19(9-12)10-13-11-21-7-8-22-13/h4,6,12-13H,2-3,5,7-11H2,1H3,(H,16,20). The Kier molecular flexibility index (Phi) is 5.07. The molecule has 0 saturated carbocycles. The van der Waals surface area contributed by atoms with Crippen molar-refractivity contribution in [1.82, 2.24) is 20.0 Å². The summed E-state index contributed by atoms with van der Waals surface area (Å²) in [4.78, 5) is 14.5. The van der Waals surface area contributed by atoms with Gasteiger partial charge in [0.05, 0.1) is 25.9 Å². The Bertz CT molecular complexity index is 499. The molecule has 0 aliphatic carbocycles. The molecule has 0 radical (unpaired) electrons. The lowest BCUT2D eigenvalue weighted by molar-refractivity contribution is -0.0991. The average Bonchev–Trinajstić information content (AvgIpc) is 2.95. The van der Waals surface area contributed by atoms with E-state index in [0.29, 0.717) is 25.5 Å². The maximum Gasteiger partial charge on any atom is 0.272 e. The van der Waals surface area contributed by atoms with E-state index in [1.807, 2.05) is 7.05 Å². The zero-order valence-electron chi connectivity index (χ0n) is 13.0. The Morgan fingerprint density at radius 3 is 3.14 bits per heavy atom. The fourth-order valence-electron chi connectivity index (χ4n) is 3.06. The summed E-state index contributed by atoms with van der Waals surface area (Å²) in [5.74, 6) is -0.0929. The Morgan fingerprint density at radius 2 is 2.41 bits per heavy atom. The molecule has 7 nitrogen and oxygen atoms in total. The van der Waals surface area contributed by atoms with Crippen LogP contribution in [0.15, 0.2) is 12.3 Å². The summed E-state index contributed by atoms with van der Waals surface area (Å²) in [6.07, 6.45) is 4.03. The predicted octanol–water partition coefficient (Wildman–Crippen LogP) is 0.0297. The summed E-state index contributed by atoms with van der Waals surface area (Å²) in [6.45, 7) is 4.82. The maximum absolute atomic E-state index is 12.2. The van der Waals surface area contributed by atoms with Crippen LogP contribution in [0.5, 0.6) is 0 Å². The molecule has 122 valence electrons. The molecule has 2 aliphatic rings. The van der Waals surface area contributed by atoms with Crippen molar-refractivity contribution in [1.29, 1.82) is 0 Å². The molecule has 3 rings (SSSR count). The molecule has 0 spiro atoms. The summed E-state index contributed by atoms with van der Waals surface area (Å²) < 4.78 is 12.8. The van der Waals surface area contributed by atoms with Gasteiger partial charge in [0.1, 0.15) is 5.69 Å². The summed E-state index contributed by atoms with van der Waals surface area (Å²) in [5, 5.41) is 7.23. The van der Waals surface area contributed by atoms with Gasteiger partial charge in [-0.25, -0.2) is 0 Å². The van der Waals surface area contributed by atoms with Gasteiger partial charge in [0.15, 0.2) is 0 Å². The maximum atomic E-state index is 12.2. The smallest absolute Gasteiger partial charge is 0.272 e. The zero-order valence-corrected chi connectivity index (χ0v) is 13.0. The average molecular weight is 308 g/mol. The highest BCUT2D eigenvalue weighted by Crippen LogP contribution is 2.13. The minimum absolute atomic E-state index is 0.0929. The van der Waals surface area contributed by atoms with Gasteiger partial charge >= 0.3 is 0 Å². The molecule has 2 fully saturated rings. The van der Waals surface area contributed by atoms with Crippen molar-refractivity contribution in [3.63, 3.8) is 0 Å². The van der Waals surface area contributed by atoms with Crippen molar-refractivity contribution in [2.45, 2.75) is 25.0 Å². The van der Waals surface area contributed by atoms with Crippen LogP contribution in [-0.4, -0.2) is 72.2 Å². The number of piperidine rings is 1. The number of hydrogen-bond donors (Lipinski definition) is 1. The first-order chi connectivity index (χ1) is 10.7. The number of likely N-dealkylation sites (tertiary alicyclic amines) is 1. The van der Waals surface area contributed by atoms with E-state index in [2.05, 4.69) is 15.3 Å². The fraction of sp³-hybridized carbons (Fsp3) is 0.733. The van der Waals surface area contributed by atoms with Crippen molar-refractivity contribution in [2.75, 3.05) is 39.5 Å². The molecule has 7 heteroatoms. The Balaban J connectivity index is 1.48. The Hall–Kier alpha value is -1.44. The number of hydrogen-bond acceptors (Lipinski definition) is 5. The van der Waals surface area contributed by atoms with Crippen LogP contribution in [-0.2, 0) is 16.5 Å². The molecular formula is C15H24N4O3. The molecule has 0 bridgehead atoms. The van der Waals surface area contributed by atoms with Crippen molar-refractivity contribution < 1.29 is 14.3 Å². The van der Waals surface area contributed by atoms with E-state index in [-0.39, 0.29) is 18.1 Å². The second-order valence-corrected chi connectivity index (χ2v) is 6.01. The van der Waals surface area contributed by atoms with Crippen LogP contribution in [0.1, 0.15) is 23.3 Å². The third-order valence-electron chi connectivity index (χ3n) is 4.13. The van der Waals surface area contributed by atoms with Gasteiger partial charge < -0.3 is 14.8 Å². The molecular weight excluding hydrogens is 284 g/mol. The van der Waals surface area contributed by atoms with Gasteiger partial charge in [-0.1, -0.05) is 0 Å². The normalized spacial score (nSPS) is 26.8. The minimum atomic E-state index is -0.0929. The number of carbonyl (C=O) groups excluding carboxylic acids is 1. The third kappa shape index (κ3) is 4.06. The van der Waals surface area contributed by atoms with Crippen LogP contribution < -0.4 is 5.32 Å². The van der Waals surface area contributed by atoms with Gasteiger partial charge in [-0.05, 0) is 25.5 Å². The number of amides is 1. The van der Waals surface area contributed by atoms with Crippen molar-refractivity contribution in [3.05, 3.63) is 18.0 Å². The molecule has 22 heavy (non-hydrogen) atoms. The molecule has 1 aromatic heterocycles. The molecule has 3 heterocycles. The second kappa shape index (κ2) is 7.21. The predicted molar refractivity (Wildman–Crippen MR) is 80.7 cm³/mol. The van der Waals surface area contributed by atoms with Crippen LogP contribution in [0.2, 0.25) is 0 Å². The number of nitrogens with zero attached hydrogens (tertiary/aromatic N) is 3. The lowest BCUT2D eigenvalue weighted by Gasteiger charge is -2.36. The molecule has 2 unspecified atom stereocenters. The number of aryl methyl sites for hydroxylation is 1. The quantitative estimate of drug-likeness (QED) is 0.850. The lowest BCUT2D eigenvalue weighted by Crippen LogP contribution is -2.50. The van der Waals surface area contributed by atoms with Gasteiger partial charge in [0.25, 0.3) is 5.91 Å². The second-order valence-electron chi connectivity index (χ2n) is 6.01. The van der Waals surface area contributed by atoms with Crippen LogP contribution in [0.4, 0.5) is 0 Å². The van der Waals surface area contributed by atoms with E-state index in [4.69, 9.17) is 9.47 Å². The van der Waals surface area contributed by atoms with Gasteiger partial charge in [-0.2, -0.15) is 5.10 Å². The Labute approximate surface area is 130 Å². The highest BCUT2D eigenvalue weighted by molar-refractivity contribution is 5.92. The monoisotopic (exact) mass is 308 g/mol. The van der Waals surface area contributed by atoms with Gasteiger partial charge in [-0.15, -0.1) is 0 Å². The van der Waals surface area contributed by atoms with Crippen LogP contribution in [0.3, 0.4) is 0 Å². The van der Waals surface area contributed by atoms with E-state index in [0.717, 1.165) is 32.5 Å². The molecule has 1 amide bonds. The van der Waals surface area contributed by atoms with E-state index in [1.54, 1.807) is 16.9 Å². The van der Waals surface area contributed by atoms with E-state index in [9.17, 15) is 4.79 Å². The lowest BCUT2D eigenvalue weighted by atomic mass is 10.0. The SMILES string of the molecule is Cn1ccc(C(=O)NC2CCCN(CC3COCCO3)C2)n1. The fourth-order valence-corrected chi connectivity index (χ4v) is 3.06. The van der Waals surface area contributed by atoms with Crippen molar-refractivity contribution in [3.8, 4) is 0 Å². The zero-order chi connectivity index (χ0) is 15.4. The molecule has 1 aromatic rings. The summed E-state index contributed by atoms with van der Waals surface area (Å²) in [6, 6.07) is 1.91. The van der Waals surface area contributed by atoms with Gasteiger partial charge in [0, 0.05) is 32.4 Å². The van der Waals surface area contributed by atoms with Gasteiger partial charge in [0.2, 0.25) is 0 Å². The van der Waals surface area contributed by atoms with Crippen LogP contribution >= 0.6 is 0 Å². The van der Waals surface area contributed by atoms with Crippen LogP contribution in [0, 0.1) is 0 Å². The number of nitrogens with one attached hydrogen (secondary N) is 1. The number of aromatic nitrogens is 2. The highest BCUT2D eigenvalue weighted by Gasteiger charge is 2.25. The summed E-state index contributed by atoms with van der Waals surface area (Å²) >= 11 is 0. The van der Waals surface area contributed by atoms with Crippen molar-refractivity contribution >= 4 is 5.91 Å². The van der Waals surface area contributed by atoms with Crippen LogP contribution in [0.25, 0.3) is 0 Å². The Morgan fingerprint density at radius 1 is 1.50 bits per heavy atom. The van der Waals surface area contributed by atoms with E-state index < -0.39 is 0 Å². The number of ether oxygens (including phenoxy) is 2. The largest absolute Gasteiger partial charge is 0.376 e. The summed E-state index contributed by atoms with van der Waals surface area (Å²) in [7, 11) is 1.81. The molecule has 2 atom stereocenters. The highest BCUT2D eigenvalue weighted by atomic mass is 16.6. The number of carbonyl (C=O) groups is 1. The topological polar surface area (TPSA) is 68.6 Å². The van der Waals surface area contributed by atoms with Crippen molar-refractivity contribution in [2.24, 2.45) is 7.05 Å². The van der Waals surface area contributed by atoms with E-state index >= 15 is 0 Å².